The number of benzene rings is 2. The van der Waals surface area contributed by atoms with E-state index >= 15 is 0 Å². The molecule has 0 radical (unpaired) electrons. The van der Waals surface area contributed by atoms with Gasteiger partial charge in [-0.05, 0) is 48.1 Å². The van der Waals surface area contributed by atoms with Crippen molar-refractivity contribution in [2.45, 2.75) is 0 Å². The monoisotopic (exact) mass is 439 g/mol. The van der Waals surface area contributed by atoms with Crippen LogP contribution in [0.15, 0.2) is 54.1 Å². The number of anilines is 1. The van der Waals surface area contributed by atoms with E-state index in [4.69, 9.17) is 21.7 Å². The van der Waals surface area contributed by atoms with E-state index < -0.39 is 11.8 Å². The number of thiocarbonyl (C=S) groups is 1. The van der Waals surface area contributed by atoms with E-state index in [0.717, 1.165) is 0 Å². The molecule has 1 aliphatic heterocycles. The number of amides is 3. The van der Waals surface area contributed by atoms with Crippen molar-refractivity contribution in [1.82, 2.24) is 9.80 Å². The standard InChI is InChI=1S/C22H21N3O5S/c1-24-20(27)16(21(28)25(2)22(24)31)11-14-9-10-17(18(12-14)29-3)30-13-19(26)23-15-7-5-4-6-8-15/h4-12H,13H2,1-3H3,(H,23,26). The normalized spacial score (nSPS) is 13.9. The first-order chi connectivity index (χ1) is 14.8. The lowest BCUT2D eigenvalue weighted by atomic mass is 10.1. The van der Waals surface area contributed by atoms with Crippen LogP contribution in [0.1, 0.15) is 5.56 Å². The van der Waals surface area contributed by atoms with Crippen molar-refractivity contribution in [1.29, 1.82) is 0 Å². The molecule has 2 aromatic carbocycles. The number of methoxy groups -OCH3 is 1. The zero-order valence-electron chi connectivity index (χ0n) is 17.2. The Bertz CT molecular complexity index is 1040. The van der Waals surface area contributed by atoms with Crippen LogP contribution in [-0.2, 0) is 14.4 Å². The van der Waals surface area contributed by atoms with Crippen molar-refractivity contribution in [2.24, 2.45) is 0 Å². The SMILES string of the molecule is COc1cc(C=C2C(=O)N(C)C(=S)N(C)C2=O)ccc1OCC(=O)Nc1ccccc1. The van der Waals surface area contributed by atoms with E-state index in [2.05, 4.69) is 5.32 Å². The summed E-state index contributed by atoms with van der Waals surface area (Å²) in [6.45, 7) is -0.213. The summed E-state index contributed by atoms with van der Waals surface area (Å²) < 4.78 is 10.9. The van der Waals surface area contributed by atoms with Gasteiger partial charge in [0.1, 0.15) is 5.57 Å². The number of hydrogen-bond donors (Lipinski definition) is 1. The smallest absolute Gasteiger partial charge is 0.265 e. The largest absolute Gasteiger partial charge is 0.493 e. The van der Waals surface area contributed by atoms with Gasteiger partial charge < -0.3 is 14.8 Å². The molecule has 1 saturated heterocycles. The molecule has 1 fully saturated rings. The van der Waals surface area contributed by atoms with Crippen LogP contribution in [0.2, 0.25) is 0 Å². The number of para-hydroxylation sites is 1. The average molecular weight is 439 g/mol. The Kier molecular flexibility index (Phi) is 6.66. The quantitative estimate of drug-likeness (QED) is 0.422. The molecular weight excluding hydrogens is 418 g/mol. The van der Waals surface area contributed by atoms with Gasteiger partial charge in [0.15, 0.2) is 23.2 Å². The fourth-order valence-electron chi connectivity index (χ4n) is 2.90. The Morgan fingerprint density at radius 1 is 1.03 bits per heavy atom. The van der Waals surface area contributed by atoms with Gasteiger partial charge in [0.05, 0.1) is 7.11 Å². The zero-order chi connectivity index (χ0) is 22.5. The van der Waals surface area contributed by atoms with Crippen molar-refractivity contribution in [3.05, 3.63) is 59.7 Å². The molecule has 0 saturated carbocycles. The summed E-state index contributed by atoms with van der Waals surface area (Å²) >= 11 is 5.08. The summed E-state index contributed by atoms with van der Waals surface area (Å²) in [5.41, 5.74) is 1.21. The maximum Gasteiger partial charge on any atom is 0.265 e. The molecule has 0 bridgehead atoms. The summed E-state index contributed by atoms with van der Waals surface area (Å²) in [6.07, 6.45) is 1.47. The number of rotatable bonds is 6. The van der Waals surface area contributed by atoms with Gasteiger partial charge in [-0.25, -0.2) is 0 Å². The summed E-state index contributed by atoms with van der Waals surface area (Å²) in [6, 6.07) is 13.9. The molecule has 3 amide bonds. The van der Waals surface area contributed by atoms with Crippen LogP contribution >= 0.6 is 12.2 Å². The minimum Gasteiger partial charge on any atom is -0.493 e. The van der Waals surface area contributed by atoms with Crippen LogP contribution in [0, 0.1) is 0 Å². The molecule has 1 heterocycles. The van der Waals surface area contributed by atoms with Crippen molar-refractivity contribution >= 4 is 46.8 Å². The van der Waals surface area contributed by atoms with Crippen LogP contribution in [0.5, 0.6) is 11.5 Å². The first-order valence-corrected chi connectivity index (χ1v) is 9.70. The highest BCUT2D eigenvalue weighted by molar-refractivity contribution is 7.80. The average Bonchev–Trinajstić information content (AvgIpc) is 2.78. The second kappa shape index (κ2) is 9.40. The molecule has 0 aliphatic carbocycles. The molecule has 2 aromatic rings. The molecule has 1 aliphatic rings. The van der Waals surface area contributed by atoms with Crippen molar-refractivity contribution in [3.8, 4) is 11.5 Å². The first kappa shape index (κ1) is 22.0. The van der Waals surface area contributed by atoms with Gasteiger partial charge in [0.25, 0.3) is 17.7 Å². The number of nitrogens with one attached hydrogen (secondary N) is 1. The maximum atomic E-state index is 12.5. The second-order valence-electron chi connectivity index (χ2n) is 6.68. The van der Waals surface area contributed by atoms with E-state index in [1.54, 1.807) is 30.3 Å². The molecule has 31 heavy (non-hydrogen) atoms. The fourth-order valence-corrected chi connectivity index (χ4v) is 3.06. The van der Waals surface area contributed by atoms with Gasteiger partial charge >= 0.3 is 0 Å². The van der Waals surface area contributed by atoms with E-state index in [0.29, 0.717) is 22.7 Å². The van der Waals surface area contributed by atoms with Gasteiger partial charge in [-0.1, -0.05) is 24.3 Å². The van der Waals surface area contributed by atoms with Crippen molar-refractivity contribution in [2.75, 3.05) is 33.1 Å². The topological polar surface area (TPSA) is 88.2 Å². The highest BCUT2D eigenvalue weighted by atomic mass is 32.1. The number of hydrogen-bond acceptors (Lipinski definition) is 6. The third-order valence-corrected chi connectivity index (χ3v) is 5.11. The predicted molar refractivity (Wildman–Crippen MR) is 120 cm³/mol. The van der Waals surface area contributed by atoms with Crippen LogP contribution in [0.4, 0.5) is 5.69 Å². The predicted octanol–water partition coefficient (Wildman–Crippen LogP) is 2.31. The Morgan fingerprint density at radius 3 is 2.29 bits per heavy atom. The summed E-state index contributed by atoms with van der Waals surface area (Å²) in [7, 11) is 4.49. The number of carbonyl (C=O) groups is 3. The fraction of sp³-hybridized carbons (Fsp3) is 0.182. The number of ether oxygens (including phenoxy) is 2. The van der Waals surface area contributed by atoms with E-state index in [1.165, 1.54) is 37.1 Å². The molecule has 9 heteroatoms. The van der Waals surface area contributed by atoms with Gasteiger partial charge in [0, 0.05) is 19.8 Å². The lowest BCUT2D eigenvalue weighted by Crippen LogP contribution is -2.52. The van der Waals surface area contributed by atoms with Crippen LogP contribution in [0.3, 0.4) is 0 Å². The molecule has 0 atom stereocenters. The summed E-state index contributed by atoms with van der Waals surface area (Å²) in [5, 5.41) is 2.87. The van der Waals surface area contributed by atoms with Crippen molar-refractivity contribution < 1.29 is 23.9 Å². The Labute approximate surface area is 185 Å². The molecule has 0 unspecified atom stereocenters. The van der Waals surface area contributed by atoms with Crippen LogP contribution < -0.4 is 14.8 Å². The Balaban J connectivity index is 1.74. The van der Waals surface area contributed by atoms with E-state index in [9.17, 15) is 14.4 Å². The lowest BCUT2D eigenvalue weighted by Gasteiger charge is -2.31. The van der Waals surface area contributed by atoms with Gasteiger partial charge in [-0.2, -0.15) is 0 Å². The first-order valence-electron chi connectivity index (χ1n) is 9.29. The minimum absolute atomic E-state index is 0.0171. The molecule has 3 rings (SSSR count). The number of nitrogens with zero attached hydrogens (tertiary/aromatic N) is 2. The van der Waals surface area contributed by atoms with E-state index in [1.807, 2.05) is 18.2 Å². The molecule has 0 aromatic heterocycles. The number of likely N-dealkylation sites (N-methyl/N-ethyl adjacent to an activating group) is 2. The van der Waals surface area contributed by atoms with E-state index in [-0.39, 0.29) is 23.2 Å². The molecule has 160 valence electrons. The van der Waals surface area contributed by atoms with Crippen LogP contribution in [0.25, 0.3) is 6.08 Å². The molecular formula is C22H21N3O5S. The second-order valence-corrected chi connectivity index (χ2v) is 7.05. The lowest BCUT2D eigenvalue weighted by molar-refractivity contribution is -0.132. The van der Waals surface area contributed by atoms with Crippen molar-refractivity contribution in [3.63, 3.8) is 0 Å². The van der Waals surface area contributed by atoms with Gasteiger partial charge in [-0.3, -0.25) is 24.2 Å². The summed E-state index contributed by atoms with van der Waals surface area (Å²) in [4.78, 5) is 39.5. The molecule has 0 spiro atoms. The molecule has 1 N–H and O–H groups in total. The van der Waals surface area contributed by atoms with Gasteiger partial charge in [-0.15, -0.1) is 0 Å². The minimum atomic E-state index is -0.482. The summed E-state index contributed by atoms with van der Waals surface area (Å²) in [5.74, 6) is -0.575. The highest BCUT2D eigenvalue weighted by Gasteiger charge is 2.35. The highest BCUT2D eigenvalue weighted by Crippen LogP contribution is 2.29. The Morgan fingerprint density at radius 2 is 1.68 bits per heavy atom. The number of carbonyl (C=O) groups excluding carboxylic acids is 3. The zero-order valence-corrected chi connectivity index (χ0v) is 18.1. The third-order valence-electron chi connectivity index (χ3n) is 4.56. The van der Waals surface area contributed by atoms with Crippen LogP contribution in [-0.4, -0.2) is 60.4 Å². The third kappa shape index (κ3) is 4.89. The van der Waals surface area contributed by atoms with Gasteiger partial charge in [0.2, 0.25) is 0 Å². The maximum absolute atomic E-state index is 12.5. The Hall–Kier alpha value is -3.72. The molecule has 8 nitrogen and oxygen atoms in total.